The molecule has 10 heteroatoms. The molecule has 1 amide bonds. The van der Waals surface area contributed by atoms with E-state index in [-0.39, 0.29) is 17.6 Å². The van der Waals surface area contributed by atoms with Gasteiger partial charge in [0.25, 0.3) is 5.91 Å². The number of ketones is 3. The van der Waals surface area contributed by atoms with E-state index in [0.717, 1.165) is 0 Å². The number of Topliss-reactive ketones (excluding diaryl/α,β-unsaturated/α-hetero) is 3. The van der Waals surface area contributed by atoms with Gasteiger partial charge in [0.1, 0.15) is 17.1 Å². The lowest BCUT2D eigenvalue weighted by Gasteiger charge is -2.54. The van der Waals surface area contributed by atoms with Gasteiger partial charge in [-0.05, 0) is 37.7 Å². The molecule has 0 aliphatic heterocycles. The molecule has 1 saturated carbocycles. The van der Waals surface area contributed by atoms with Crippen LogP contribution in [-0.2, 0) is 14.4 Å². The van der Waals surface area contributed by atoms with E-state index in [1.807, 2.05) is 0 Å². The average molecular weight is 461 g/mol. The molecule has 1 fully saturated rings. The monoisotopic (exact) mass is 460 g/mol. The van der Waals surface area contributed by atoms with Gasteiger partial charge in [-0.2, -0.15) is 0 Å². The zero-order valence-electron chi connectivity index (χ0n) is 17.3. The summed E-state index contributed by atoms with van der Waals surface area (Å²) < 4.78 is 0. The normalized spacial score (nSPS) is 34.3. The number of amides is 1. The second-order valence-corrected chi connectivity index (χ2v) is 9.21. The van der Waals surface area contributed by atoms with Crippen molar-refractivity contribution in [3.63, 3.8) is 0 Å². The molecule has 0 unspecified atom stereocenters. The number of aliphatic hydroxyl groups is 2. The first kappa shape index (κ1) is 22.2. The Bertz CT molecular complexity index is 1170. The molecule has 3 aliphatic rings. The largest absolute Gasteiger partial charge is 0.508 e. The number of allylic oxidation sites excluding steroid dienone is 1. The Hall–Kier alpha value is -3.01. The Morgan fingerprint density at radius 2 is 1.88 bits per heavy atom. The zero-order valence-corrected chi connectivity index (χ0v) is 18.0. The van der Waals surface area contributed by atoms with Gasteiger partial charge in [0, 0.05) is 11.8 Å². The van der Waals surface area contributed by atoms with Crippen molar-refractivity contribution in [2.24, 2.45) is 17.6 Å². The number of benzene rings is 1. The van der Waals surface area contributed by atoms with E-state index in [1.165, 1.54) is 31.1 Å². The standard InChI is InChI=1S/C22H21ClN2O7/c1-8-9-5-4-6-12(26)13(9)17(28)21(23)10(8)7-11-15(25(2)3)16(27)14(19(24)30)18(29)22(11,32)20(21)31/h4-6,10-11,15,26,29,32H,1,7H2,2-3H3,(H2,24,30)/t10-,11-,15+,21-,22+/m0/s1. The number of nitrogens with zero attached hydrogens (tertiary/aromatic N) is 1. The topological polar surface area (TPSA) is 158 Å². The van der Waals surface area contributed by atoms with E-state index in [4.69, 9.17) is 17.3 Å². The van der Waals surface area contributed by atoms with Crippen LogP contribution in [0, 0.1) is 11.8 Å². The molecule has 9 nitrogen and oxygen atoms in total. The summed E-state index contributed by atoms with van der Waals surface area (Å²) in [5.74, 6) is -8.37. The molecule has 0 radical (unpaired) electrons. The minimum absolute atomic E-state index is 0.184. The molecule has 0 aromatic heterocycles. The molecule has 4 rings (SSSR count). The van der Waals surface area contributed by atoms with Crippen LogP contribution in [0.25, 0.3) is 5.57 Å². The summed E-state index contributed by atoms with van der Waals surface area (Å²) in [6.45, 7) is 3.98. The molecule has 0 bridgehead atoms. The maximum absolute atomic E-state index is 13.8. The first-order valence-electron chi connectivity index (χ1n) is 9.77. The van der Waals surface area contributed by atoms with Crippen molar-refractivity contribution in [2.45, 2.75) is 22.9 Å². The van der Waals surface area contributed by atoms with Crippen molar-refractivity contribution >= 4 is 40.4 Å². The Kier molecular flexibility index (Phi) is 4.68. The molecule has 32 heavy (non-hydrogen) atoms. The molecule has 5 atom stereocenters. The number of aliphatic hydroxyl groups excluding tert-OH is 1. The van der Waals surface area contributed by atoms with Crippen molar-refractivity contribution in [3.05, 3.63) is 47.2 Å². The van der Waals surface area contributed by atoms with E-state index in [0.29, 0.717) is 5.56 Å². The van der Waals surface area contributed by atoms with Crippen LogP contribution in [-0.4, -0.2) is 74.1 Å². The smallest absolute Gasteiger partial charge is 0.255 e. The number of halogens is 1. The highest BCUT2D eigenvalue weighted by Crippen LogP contribution is 2.58. The SMILES string of the molecule is C=C1c2cccc(O)c2C(=O)[C@]2(Cl)C(=O)[C@]3(O)C(O)=C(C(N)=O)C(=O)[C@H](N(C)C)[C@@H]3C[C@@H]12. The number of rotatable bonds is 2. The number of carbonyl (C=O) groups excluding carboxylic acids is 4. The van der Waals surface area contributed by atoms with Crippen molar-refractivity contribution in [3.8, 4) is 5.75 Å². The Balaban J connectivity index is 2.02. The van der Waals surface area contributed by atoms with Gasteiger partial charge < -0.3 is 21.1 Å². The van der Waals surface area contributed by atoms with Gasteiger partial charge >= 0.3 is 0 Å². The van der Waals surface area contributed by atoms with E-state index in [2.05, 4.69) is 6.58 Å². The predicted molar refractivity (Wildman–Crippen MR) is 113 cm³/mol. The lowest BCUT2D eigenvalue weighted by Crippen LogP contribution is -2.72. The fourth-order valence-electron chi connectivity index (χ4n) is 5.36. The maximum atomic E-state index is 13.8. The summed E-state index contributed by atoms with van der Waals surface area (Å²) in [7, 11) is 3.01. The van der Waals surface area contributed by atoms with Crippen LogP contribution in [0.3, 0.4) is 0 Å². The van der Waals surface area contributed by atoms with E-state index >= 15 is 0 Å². The molecule has 1 aromatic rings. The van der Waals surface area contributed by atoms with Crippen LogP contribution < -0.4 is 5.73 Å². The minimum atomic E-state index is -2.83. The highest BCUT2D eigenvalue weighted by molar-refractivity contribution is 6.52. The van der Waals surface area contributed by atoms with Gasteiger partial charge in [-0.1, -0.05) is 18.7 Å². The van der Waals surface area contributed by atoms with Crippen molar-refractivity contribution in [1.29, 1.82) is 0 Å². The number of nitrogens with two attached hydrogens (primary N) is 1. The summed E-state index contributed by atoms with van der Waals surface area (Å²) in [5, 5.41) is 32.6. The van der Waals surface area contributed by atoms with Gasteiger partial charge in [-0.3, -0.25) is 24.1 Å². The summed E-state index contributed by atoms with van der Waals surface area (Å²) in [5.41, 5.74) is 1.87. The fourth-order valence-corrected chi connectivity index (χ4v) is 5.82. The zero-order chi connectivity index (χ0) is 23.9. The second-order valence-electron chi connectivity index (χ2n) is 8.62. The van der Waals surface area contributed by atoms with E-state index in [9.17, 15) is 34.5 Å². The van der Waals surface area contributed by atoms with Crippen LogP contribution in [0.1, 0.15) is 22.3 Å². The molecule has 168 valence electrons. The summed E-state index contributed by atoms with van der Waals surface area (Å²) in [4.78, 5) is 51.1. The lowest BCUT2D eigenvalue weighted by molar-refractivity contribution is -0.160. The number of fused-ring (bicyclic) bond motifs is 3. The summed E-state index contributed by atoms with van der Waals surface area (Å²) in [6, 6.07) is 3.10. The molecule has 0 spiro atoms. The number of carbonyl (C=O) groups is 4. The fraction of sp³-hybridized carbons (Fsp3) is 0.364. The number of primary amides is 1. The molecule has 1 aromatic carbocycles. The third-order valence-electron chi connectivity index (χ3n) is 6.85. The molecule has 3 aliphatic carbocycles. The maximum Gasteiger partial charge on any atom is 0.255 e. The molecular formula is C22H21ClN2O7. The average Bonchev–Trinajstić information content (AvgIpc) is 2.70. The van der Waals surface area contributed by atoms with Gasteiger partial charge in [0.15, 0.2) is 22.0 Å². The minimum Gasteiger partial charge on any atom is -0.508 e. The molecule has 0 heterocycles. The Morgan fingerprint density at radius 1 is 1.25 bits per heavy atom. The van der Waals surface area contributed by atoms with Crippen LogP contribution >= 0.6 is 11.6 Å². The third-order valence-corrected chi connectivity index (χ3v) is 7.45. The molecule has 5 N–H and O–H groups in total. The summed E-state index contributed by atoms with van der Waals surface area (Å²) in [6.07, 6.45) is -0.184. The van der Waals surface area contributed by atoms with E-state index in [1.54, 1.807) is 6.07 Å². The third kappa shape index (κ3) is 2.41. The lowest BCUT2D eigenvalue weighted by atomic mass is 9.53. The van der Waals surface area contributed by atoms with Gasteiger partial charge in [0.2, 0.25) is 5.78 Å². The predicted octanol–water partition coefficient (Wildman–Crippen LogP) is 0.326. The Morgan fingerprint density at radius 3 is 2.44 bits per heavy atom. The summed E-state index contributed by atoms with van der Waals surface area (Å²) >= 11 is 6.66. The van der Waals surface area contributed by atoms with Crippen LogP contribution in [0.15, 0.2) is 36.1 Å². The molecule has 0 saturated heterocycles. The Labute approximate surface area is 187 Å². The van der Waals surface area contributed by atoms with Crippen LogP contribution in [0.2, 0.25) is 0 Å². The van der Waals surface area contributed by atoms with Crippen LogP contribution in [0.5, 0.6) is 5.75 Å². The van der Waals surface area contributed by atoms with Crippen molar-refractivity contribution in [2.75, 3.05) is 14.1 Å². The number of phenolic OH excluding ortho intramolecular Hbond substituents is 1. The first-order valence-corrected chi connectivity index (χ1v) is 10.1. The number of likely N-dealkylation sites (N-methyl/N-ethyl adjacent to an activating group) is 1. The quantitative estimate of drug-likeness (QED) is 0.279. The van der Waals surface area contributed by atoms with Gasteiger partial charge in [-0.25, -0.2) is 0 Å². The molecular weight excluding hydrogens is 440 g/mol. The number of alkyl halides is 1. The van der Waals surface area contributed by atoms with Crippen LogP contribution in [0.4, 0.5) is 0 Å². The highest BCUT2D eigenvalue weighted by Gasteiger charge is 2.72. The number of hydrogen-bond acceptors (Lipinski definition) is 8. The second kappa shape index (κ2) is 6.74. The highest BCUT2D eigenvalue weighted by atomic mass is 35.5. The first-order chi connectivity index (χ1) is 14.8. The van der Waals surface area contributed by atoms with Crippen molar-refractivity contribution in [1.82, 2.24) is 4.90 Å². The van der Waals surface area contributed by atoms with Gasteiger partial charge in [-0.15, -0.1) is 11.6 Å². The number of phenols is 1. The number of hydrogen-bond donors (Lipinski definition) is 4. The number of aromatic hydroxyl groups is 1. The van der Waals surface area contributed by atoms with E-state index < -0.39 is 68.7 Å². The van der Waals surface area contributed by atoms with Gasteiger partial charge in [0.05, 0.1) is 11.6 Å². The van der Waals surface area contributed by atoms with Crippen molar-refractivity contribution < 1.29 is 34.5 Å².